The van der Waals surface area contributed by atoms with Crippen LogP contribution in [0, 0.1) is 13.8 Å². The Hall–Kier alpha value is -1.84. The zero-order chi connectivity index (χ0) is 13.1. The second-order valence-corrected chi connectivity index (χ2v) is 4.76. The van der Waals surface area contributed by atoms with Crippen LogP contribution in [0.2, 0.25) is 0 Å². The fourth-order valence-corrected chi connectivity index (χ4v) is 2.38. The van der Waals surface area contributed by atoms with Crippen molar-refractivity contribution in [3.63, 3.8) is 0 Å². The van der Waals surface area contributed by atoms with Crippen molar-refractivity contribution >= 4 is 12.3 Å². The number of nitrogens with zero attached hydrogens (tertiary/aromatic N) is 1. The Morgan fingerprint density at radius 3 is 2.94 bits per heavy atom. The molecule has 0 bridgehead atoms. The first kappa shape index (κ1) is 12.6. The predicted octanol–water partition coefficient (Wildman–Crippen LogP) is 1.61. The second kappa shape index (κ2) is 5.21. The lowest BCUT2D eigenvalue weighted by Crippen LogP contribution is -2.44. The monoisotopic (exact) mass is 246 g/mol. The summed E-state index contributed by atoms with van der Waals surface area (Å²) in [6.45, 7) is 4.62. The van der Waals surface area contributed by atoms with Crippen molar-refractivity contribution in [2.45, 2.75) is 32.9 Å². The molecule has 0 aliphatic carbocycles. The van der Waals surface area contributed by atoms with Gasteiger partial charge in [0.25, 0.3) is 5.91 Å². The number of nitrogens with one attached hydrogen (secondary N) is 1. The van der Waals surface area contributed by atoms with Gasteiger partial charge in [0.15, 0.2) is 0 Å². The minimum atomic E-state index is -0.157. The first-order chi connectivity index (χ1) is 8.63. The number of hydrogen-bond donors (Lipinski definition) is 1. The average molecular weight is 246 g/mol. The molecule has 1 heterocycles. The van der Waals surface area contributed by atoms with Crippen molar-refractivity contribution in [1.82, 2.24) is 10.2 Å². The highest BCUT2D eigenvalue weighted by Gasteiger charge is 2.29. The summed E-state index contributed by atoms with van der Waals surface area (Å²) in [6.07, 6.45) is 2.27. The van der Waals surface area contributed by atoms with Crippen molar-refractivity contribution in [1.29, 1.82) is 0 Å². The van der Waals surface area contributed by atoms with E-state index in [1.165, 1.54) is 0 Å². The van der Waals surface area contributed by atoms with Gasteiger partial charge in [-0.05, 0) is 38.3 Å². The molecule has 4 nitrogen and oxygen atoms in total. The molecule has 96 valence electrons. The summed E-state index contributed by atoms with van der Waals surface area (Å²) in [5.41, 5.74) is 2.78. The largest absolute Gasteiger partial charge is 0.338 e. The van der Waals surface area contributed by atoms with Crippen molar-refractivity contribution in [2.24, 2.45) is 0 Å². The molecule has 1 aliphatic heterocycles. The summed E-state index contributed by atoms with van der Waals surface area (Å²) in [6, 6.07) is 5.87. The third kappa shape index (κ3) is 2.37. The van der Waals surface area contributed by atoms with Crippen molar-refractivity contribution in [3.8, 4) is 0 Å². The van der Waals surface area contributed by atoms with Gasteiger partial charge in [-0.3, -0.25) is 9.59 Å². The van der Waals surface area contributed by atoms with Gasteiger partial charge in [0.1, 0.15) is 6.17 Å². The van der Waals surface area contributed by atoms with E-state index in [1.54, 1.807) is 4.90 Å². The van der Waals surface area contributed by atoms with Crippen LogP contribution in [0.1, 0.15) is 34.3 Å². The van der Waals surface area contributed by atoms with Gasteiger partial charge in [-0.15, -0.1) is 0 Å². The fraction of sp³-hybridized carbons (Fsp3) is 0.429. The van der Waals surface area contributed by atoms with Crippen LogP contribution >= 0.6 is 0 Å². The number of rotatable bonds is 3. The number of carbonyl (C=O) groups excluding carboxylic acids is 2. The molecule has 1 unspecified atom stereocenters. The van der Waals surface area contributed by atoms with Gasteiger partial charge in [-0.25, -0.2) is 0 Å². The summed E-state index contributed by atoms with van der Waals surface area (Å²) in [5.74, 6) is 0.00745. The second-order valence-electron chi connectivity index (χ2n) is 4.76. The number of amides is 2. The van der Waals surface area contributed by atoms with Gasteiger partial charge >= 0.3 is 0 Å². The van der Waals surface area contributed by atoms with E-state index >= 15 is 0 Å². The predicted molar refractivity (Wildman–Crippen MR) is 69.2 cm³/mol. The van der Waals surface area contributed by atoms with Gasteiger partial charge < -0.3 is 10.2 Å². The number of likely N-dealkylation sites (tertiary alicyclic amines) is 1. The third-order valence-corrected chi connectivity index (χ3v) is 3.40. The van der Waals surface area contributed by atoms with Crippen LogP contribution in [0.3, 0.4) is 0 Å². The number of hydrogen-bond acceptors (Lipinski definition) is 2. The Kier molecular flexibility index (Phi) is 3.65. The molecule has 1 aliphatic rings. The van der Waals surface area contributed by atoms with Crippen molar-refractivity contribution in [2.75, 3.05) is 6.54 Å². The first-order valence-corrected chi connectivity index (χ1v) is 6.21. The van der Waals surface area contributed by atoms with Crippen molar-refractivity contribution in [3.05, 3.63) is 34.9 Å². The standard InChI is InChI=1S/C14H18N2O2/c1-10-5-6-11(2)12(8-10)14(18)16-7-3-4-13(16)15-9-17/h5-6,8-9,13H,3-4,7H2,1-2H3,(H,15,17). The molecule has 0 saturated carbocycles. The molecule has 0 aromatic heterocycles. The summed E-state index contributed by atoms with van der Waals surface area (Å²) >= 11 is 0. The molecule has 1 atom stereocenters. The molecule has 0 spiro atoms. The number of carbonyl (C=O) groups is 2. The molecule has 1 aromatic rings. The Labute approximate surface area is 107 Å². The maximum atomic E-state index is 12.5. The van der Waals surface area contributed by atoms with Crippen LogP contribution in [0.15, 0.2) is 18.2 Å². The van der Waals surface area contributed by atoms with Crippen LogP contribution in [-0.4, -0.2) is 29.9 Å². The maximum absolute atomic E-state index is 12.5. The van der Waals surface area contributed by atoms with E-state index in [4.69, 9.17) is 0 Å². The molecular formula is C14H18N2O2. The Balaban J connectivity index is 2.25. The Morgan fingerprint density at radius 1 is 1.44 bits per heavy atom. The van der Waals surface area contributed by atoms with E-state index in [0.717, 1.165) is 29.5 Å². The quantitative estimate of drug-likeness (QED) is 0.824. The molecule has 0 radical (unpaired) electrons. The molecule has 1 saturated heterocycles. The molecule has 18 heavy (non-hydrogen) atoms. The van der Waals surface area contributed by atoms with Gasteiger partial charge in [0, 0.05) is 12.1 Å². The zero-order valence-electron chi connectivity index (χ0n) is 10.8. The van der Waals surface area contributed by atoms with E-state index in [-0.39, 0.29) is 12.1 Å². The third-order valence-electron chi connectivity index (χ3n) is 3.40. The highest BCUT2D eigenvalue weighted by atomic mass is 16.2. The van der Waals surface area contributed by atoms with E-state index in [9.17, 15) is 9.59 Å². The Bertz CT molecular complexity index is 471. The molecular weight excluding hydrogens is 228 g/mol. The van der Waals surface area contributed by atoms with Gasteiger partial charge in [0.05, 0.1) is 0 Å². The topological polar surface area (TPSA) is 49.4 Å². The Morgan fingerprint density at radius 2 is 2.22 bits per heavy atom. The van der Waals surface area contributed by atoms with Gasteiger partial charge in [0.2, 0.25) is 6.41 Å². The normalized spacial score (nSPS) is 18.8. The minimum Gasteiger partial charge on any atom is -0.338 e. The van der Waals surface area contributed by atoms with E-state index in [2.05, 4.69) is 5.32 Å². The van der Waals surface area contributed by atoms with Crippen LogP contribution in [0.4, 0.5) is 0 Å². The zero-order valence-corrected chi connectivity index (χ0v) is 10.8. The fourth-order valence-electron chi connectivity index (χ4n) is 2.38. The smallest absolute Gasteiger partial charge is 0.255 e. The molecule has 2 rings (SSSR count). The van der Waals surface area contributed by atoms with E-state index in [0.29, 0.717) is 13.0 Å². The van der Waals surface area contributed by atoms with Crippen LogP contribution in [-0.2, 0) is 4.79 Å². The van der Waals surface area contributed by atoms with Gasteiger partial charge in [-0.2, -0.15) is 0 Å². The van der Waals surface area contributed by atoms with E-state index in [1.807, 2.05) is 32.0 Å². The average Bonchev–Trinajstić information content (AvgIpc) is 2.80. The molecule has 1 aromatic carbocycles. The van der Waals surface area contributed by atoms with Gasteiger partial charge in [-0.1, -0.05) is 17.7 Å². The van der Waals surface area contributed by atoms with Crippen LogP contribution in [0.5, 0.6) is 0 Å². The minimum absolute atomic E-state index is 0.00745. The lowest BCUT2D eigenvalue weighted by molar-refractivity contribution is -0.110. The maximum Gasteiger partial charge on any atom is 0.255 e. The SMILES string of the molecule is Cc1ccc(C)c(C(=O)N2CCCC2NC=O)c1. The first-order valence-electron chi connectivity index (χ1n) is 6.21. The summed E-state index contributed by atoms with van der Waals surface area (Å²) < 4.78 is 0. The summed E-state index contributed by atoms with van der Waals surface area (Å²) in [5, 5.41) is 2.70. The molecule has 4 heteroatoms. The van der Waals surface area contributed by atoms with E-state index < -0.39 is 0 Å². The van der Waals surface area contributed by atoms with Crippen LogP contribution in [0.25, 0.3) is 0 Å². The molecule has 1 fully saturated rings. The highest BCUT2D eigenvalue weighted by molar-refractivity contribution is 5.96. The lowest BCUT2D eigenvalue weighted by Gasteiger charge is -2.24. The number of aryl methyl sites for hydroxylation is 2. The molecule has 1 N–H and O–H groups in total. The van der Waals surface area contributed by atoms with Crippen molar-refractivity contribution < 1.29 is 9.59 Å². The van der Waals surface area contributed by atoms with Crippen LogP contribution < -0.4 is 5.32 Å². The lowest BCUT2D eigenvalue weighted by atomic mass is 10.0. The highest BCUT2D eigenvalue weighted by Crippen LogP contribution is 2.20. The summed E-state index contributed by atoms with van der Waals surface area (Å²) in [4.78, 5) is 24.8. The summed E-state index contributed by atoms with van der Waals surface area (Å²) in [7, 11) is 0. The molecule has 2 amide bonds. The number of benzene rings is 1.